The van der Waals surface area contributed by atoms with Crippen LogP contribution in [-0.2, 0) is 27.1 Å². The van der Waals surface area contributed by atoms with Crippen molar-refractivity contribution < 1.29 is 14.2 Å². The zero-order valence-corrected chi connectivity index (χ0v) is 28.8. The molecule has 13 nitrogen and oxygen atoms in total. The molecule has 4 aromatic heterocycles. The molecular weight excluding hydrogens is 659 g/mol. The molecule has 7 heterocycles. The SMILES string of the molecule is CCc1[nH]ncc1-c1nc(C2CCOCC2)c(Cl)c(=O)[nH]1.CCc1c(-c2nc(C3CCOCC3)c(Cl)c(=O)[nH]2)cnn1C1CCCCO1. The molecule has 4 aromatic rings. The fraction of sp³-hybridized carbons (Fsp3) is 0.576. The van der Waals surface area contributed by atoms with E-state index in [1.54, 1.807) is 12.4 Å². The predicted molar refractivity (Wildman–Crippen MR) is 182 cm³/mol. The zero-order chi connectivity index (χ0) is 33.6. The van der Waals surface area contributed by atoms with E-state index >= 15 is 0 Å². The molecule has 258 valence electrons. The molecule has 3 N–H and O–H groups in total. The van der Waals surface area contributed by atoms with E-state index < -0.39 is 0 Å². The lowest BCUT2D eigenvalue weighted by atomic mass is 9.96. The van der Waals surface area contributed by atoms with Gasteiger partial charge in [0.05, 0.1) is 40.6 Å². The molecule has 3 fully saturated rings. The molecule has 0 bridgehead atoms. The molecule has 0 aliphatic carbocycles. The molecule has 15 heteroatoms. The number of nitrogens with zero attached hydrogens (tertiary/aromatic N) is 5. The van der Waals surface area contributed by atoms with Crippen molar-refractivity contribution in [2.45, 2.75) is 89.7 Å². The maximum atomic E-state index is 12.5. The second kappa shape index (κ2) is 15.9. The van der Waals surface area contributed by atoms with Gasteiger partial charge >= 0.3 is 0 Å². The predicted octanol–water partition coefficient (Wildman–Crippen LogP) is 5.71. The van der Waals surface area contributed by atoms with Crippen molar-refractivity contribution in [3.63, 3.8) is 0 Å². The van der Waals surface area contributed by atoms with E-state index in [0.717, 1.165) is 86.9 Å². The van der Waals surface area contributed by atoms with Crippen molar-refractivity contribution in [1.82, 2.24) is 39.9 Å². The Labute approximate surface area is 288 Å². The van der Waals surface area contributed by atoms with Crippen LogP contribution in [0.2, 0.25) is 10.0 Å². The van der Waals surface area contributed by atoms with Crippen LogP contribution in [-0.4, -0.2) is 72.9 Å². The number of ether oxygens (including phenoxy) is 3. The van der Waals surface area contributed by atoms with E-state index in [-0.39, 0.29) is 39.2 Å². The molecule has 3 aliphatic heterocycles. The van der Waals surface area contributed by atoms with Gasteiger partial charge in [-0.25, -0.2) is 14.6 Å². The van der Waals surface area contributed by atoms with Gasteiger partial charge in [-0.2, -0.15) is 10.2 Å². The molecule has 0 saturated carbocycles. The summed E-state index contributed by atoms with van der Waals surface area (Å²) in [5.74, 6) is 1.37. The number of hydrogen-bond donors (Lipinski definition) is 3. The third kappa shape index (κ3) is 7.45. The Morgan fingerprint density at radius 2 is 1.35 bits per heavy atom. The van der Waals surface area contributed by atoms with Gasteiger partial charge in [0.15, 0.2) is 0 Å². The topological polar surface area (TPSA) is 166 Å². The van der Waals surface area contributed by atoms with Crippen molar-refractivity contribution in [3.05, 3.63) is 65.9 Å². The van der Waals surface area contributed by atoms with Crippen molar-refractivity contribution in [3.8, 4) is 22.8 Å². The quantitative estimate of drug-likeness (QED) is 0.219. The number of nitrogens with one attached hydrogen (secondary N) is 3. The van der Waals surface area contributed by atoms with Crippen LogP contribution in [0.4, 0.5) is 0 Å². The van der Waals surface area contributed by atoms with Gasteiger partial charge in [-0.15, -0.1) is 0 Å². The van der Waals surface area contributed by atoms with Gasteiger partial charge in [0.25, 0.3) is 11.1 Å². The second-order valence-electron chi connectivity index (χ2n) is 12.2. The highest BCUT2D eigenvalue weighted by Gasteiger charge is 2.27. The molecule has 0 spiro atoms. The number of aromatic amines is 3. The Morgan fingerprint density at radius 1 is 0.771 bits per heavy atom. The number of rotatable bonds is 7. The van der Waals surface area contributed by atoms with E-state index in [2.05, 4.69) is 37.2 Å². The molecule has 0 aromatic carbocycles. The molecule has 48 heavy (non-hydrogen) atoms. The first-order valence-corrected chi connectivity index (χ1v) is 17.6. The van der Waals surface area contributed by atoms with Gasteiger partial charge < -0.3 is 24.2 Å². The van der Waals surface area contributed by atoms with Gasteiger partial charge in [-0.3, -0.25) is 14.7 Å². The maximum Gasteiger partial charge on any atom is 0.270 e. The third-order valence-corrected chi connectivity index (χ3v) is 9.97. The average molecular weight is 702 g/mol. The lowest BCUT2D eigenvalue weighted by Crippen LogP contribution is -2.22. The Bertz CT molecular complexity index is 1800. The van der Waals surface area contributed by atoms with Crippen LogP contribution in [0.25, 0.3) is 22.8 Å². The van der Waals surface area contributed by atoms with Crippen LogP contribution in [0, 0.1) is 0 Å². The van der Waals surface area contributed by atoms with E-state index in [1.807, 2.05) is 11.6 Å². The monoisotopic (exact) mass is 700 g/mol. The van der Waals surface area contributed by atoms with E-state index in [4.69, 9.17) is 42.4 Å². The van der Waals surface area contributed by atoms with Gasteiger partial charge in [0.1, 0.15) is 27.9 Å². The standard InChI is InChI=1S/C19H25ClN4O3.C14H17ClN4O2/c1-2-14-13(11-21-24(14)15-5-3-4-8-27-15)18-22-17(16(20)19(25)23-18)12-6-9-26-10-7-12;1-2-10-9(7-16-19-10)13-17-12(11(15)14(20)18-13)8-3-5-21-6-4-8/h11-12,15H,2-10H2,1H3,(H,22,23,25);7-8H,2-6H2,1H3,(H,16,19)(H,17,18,20). The van der Waals surface area contributed by atoms with Crippen molar-refractivity contribution in [2.75, 3.05) is 33.0 Å². The Hall–Kier alpha value is -3.36. The number of H-pyrrole nitrogens is 3. The van der Waals surface area contributed by atoms with Crippen LogP contribution in [0.1, 0.15) is 99.6 Å². The van der Waals surface area contributed by atoms with Crippen LogP contribution in [0.5, 0.6) is 0 Å². The highest BCUT2D eigenvalue weighted by atomic mass is 35.5. The highest BCUT2D eigenvalue weighted by Crippen LogP contribution is 2.33. The summed E-state index contributed by atoms with van der Waals surface area (Å²) in [5.41, 5.74) is 4.36. The summed E-state index contributed by atoms with van der Waals surface area (Å²) < 4.78 is 18.6. The van der Waals surface area contributed by atoms with E-state index in [9.17, 15) is 9.59 Å². The summed E-state index contributed by atoms with van der Waals surface area (Å²) in [4.78, 5) is 39.5. The van der Waals surface area contributed by atoms with E-state index in [0.29, 0.717) is 49.5 Å². The molecule has 0 radical (unpaired) electrons. The fourth-order valence-corrected chi connectivity index (χ4v) is 7.07. The van der Waals surface area contributed by atoms with Crippen molar-refractivity contribution in [1.29, 1.82) is 0 Å². The normalized spacial score (nSPS) is 19.2. The minimum absolute atomic E-state index is 0.0450. The molecule has 3 saturated heterocycles. The average Bonchev–Trinajstić information content (AvgIpc) is 3.79. The summed E-state index contributed by atoms with van der Waals surface area (Å²) >= 11 is 12.5. The number of hydrogen-bond acceptors (Lipinski definition) is 9. The van der Waals surface area contributed by atoms with Crippen molar-refractivity contribution in [2.24, 2.45) is 0 Å². The molecule has 7 rings (SSSR count). The highest BCUT2D eigenvalue weighted by molar-refractivity contribution is 6.31. The minimum Gasteiger partial charge on any atom is -0.381 e. The maximum absolute atomic E-state index is 12.5. The van der Waals surface area contributed by atoms with Crippen LogP contribution in [0.15, 0.2) is 22.0 Å². The minimum atomic E-state index is -0.300. The molecule has 1 atom stereocenters. The number of halogens is 2. The first kappa shape index (κ1) is 34.5. The van der Waals surface area contributed by atoms with Crippen LogP contribution < -0.4 is 11.1 Å². The summed E-state index contributed by atoms with van der Waals surface area (Å²) in [7, 11) is 0. The smallest absolute Gasteiger partial charge is 0.270 e. The third-order valence-electron chi connectivity index (χ3n) is 9.24. The first-order chi connectivity index (χ1) is 23.4. The molecule has 3 aliphatic rings. The van der Waals surface area contributed by atoms with Crippen molar-refractivity contribution >= 4 is 23.2 Å². The van der Waals surface area contributed by atoms with Gasteiger partial charge in [0.2, 0.25) is 0 Å². The zero-order valence-electron chi connectivity index (χ0n) is 27.3. The molecule has 0 amide bonds. The fourth-order valence-electron chi connectivity index (χ4n) is 6.58. The van der Waals surface area contributed by atoms with Gasteiger partial charge in [-0.1, -0.05) is 37.0 Å². The lowest BCUT2D eigenvalue weighted by Gasteiger charge is -2.24. The Kier molecular flexibility index (Phi) is 11.4. The Morgan fingerprint density at radius 3 is 1.88 bits per heavy atom. The van der Waals surface area contributed by atoms with Gasteiger partial charge in [-0.05, 0) is 57.8 Å². The first-order valence-electron chi connectivity index (χ1n) is 16.8. The Balaban J connectivity index is 0.000000173. The van der Waals surface area contributed by atoms with Gasteiger partial charge in [0, 0.05) is 50.6 Å². The summed E-state index contributed by atoms with van der Waals surface area (Å²) in [6, 6.07) is 0. The van der Waals surface area contributed by atoms with E-state index in [1.165, 1.54) is 0 Å². The summed E-state index contributed by atoms with van der Waals surface area (Å²) in [5, 5.41) is 11.9. The molecule has 1 unspecified atom stereocenters. The number of aryl methyl sites for hydroxylation is 1. The number of aromatic nitrogens is 8. The molecular formula is C33H42Cl2N8O5. The largest absolute Gasteiger partial charge is 0.381 e. The van der Waals surface area contributed by atoms with Crippen LogP contribution in [0.3, 0.4) is 0 Å². The van der Waals surface area contributed by atoms with Crippen LogP contribution >= 0.6 is 23.2 Å². The summed E-state index contributed by atoms with van der Waals surface area (Å²) in [6.07, 6.45) is 11.5. The second-order valence-corrected chi connectivity index (χ2v) is 13.0. The lowest BCUT2D eigenvalue weighted by molar-refractivity contribution is -0.0409. The summed E-state index contributed by atoms with van der Waals surface area (Å²) in [6.45, 7) is 7.54.